The van der Waals surface area contributed by atoms with E-state index in [1.54, 1.807) is 12.1 Å². The Labute approximate surface area is 90.4 Å². The quantitative estimate of drug-likeness (QED) is 0.754. The summed E-state index contributed by atoms with van der Waals surface area (Å²) < 4.78 is 0. The molecule has 0 fully saturated rings. The van der Waals surface area contributed by atoms with Crippen LogP contribution in [0.25, 0.3) is 0 Å². The zero-order chi connectivity index (χ0) is 11.1. The Morgan fingerprint density at radius 1 is 1.40 bits per heavy atom. The molecule has 0 saturated carbocycles. The summed E-state index contributed by atoms with van der Waals surface area (Å²) in [6.07, 6.45) is 1.28. The molecule has 2 N–H and O–H groups in total. The first-order valence-electron chi connectivity index (χ1n) is 5.08. The van der Waals surface area contributed by atoms with Gasteiger partial charge in [0.25, 0.3) is 0 Å². The van der Waals surface area contributed by atoms with Gasteiger partial charge in [0.15, 0.2) is 0 Å². The van der Waals surface area contributed by atoms with Crippen molar-refractivity contribution in [3.63, 3.8) is 0 Å². The van der Waals surface area contributed by atoms with Gasteiger partial charge in [-0.1, -0.05) is 12.1 Å². The number of likely N-dealkylation sites (N-methyl/N-ethyl adjacent to an activating group) is 1. The van der Waals surface area contributed by atoms with Crippen molar-refractivity contribution in [3.8, 4) is 6.07 Å². The summed E-state index contributed by atoms with van der Waals surface area (Å²) in [5.74, 6) is 0. The molecule has 1 unspecified atom stereocenters. The summed E-state index contributed by atoms with van der Waals surface area (Å²) in [5, 5.41) is 21.0. The highest BCUT2D eigenvalue weighted by Crippen LogP contribution is 2.07. The van der Waals surface area contributed by atoms with Crippen molar-refractivity contribution in [2.45, 2.75) is 18.9 Å². The number of nitrogens with one attached hydrogen (secondary N) is 1. The maximum atomic E-state index is 9.50. The first kappa shape index (κ1) is 11.7. The molecular weight excluding hydrogens is 188 g/mol. The highest BCUT2D eigenvalue weighted by Gasteiger charge is 2.02. The highest BCUT2D eigenvalue weighted by molar-refractivity contribution is 5.31. The molecule has 3 nitrogen and oxygen atoms in total. The molecule has 0 amide bonds. The molecule has 0 aliphatic rings. The molecule has 0 radical (unpaired) electrons. The minimum Gasteiger partial charge on any atom is -0.392 e. The van der Waals surface area contributed by atoms with Crippen molar-refractivity contribution in [1.29, 1.82) is 5.26 Å². The van der Waals surface area contributed by atoms with E-state index < -0.39 is 0 Å². The predicted octanol–water partition coefficient (Wildman–Crippen LogP) is 1.07. The van der Waals surface area contributed by atoms with Crippen LogP contribution in [-0.2, 0) is 6.42 Å². The molecule has 0 heterocycles. The Morgan fingerprint density at radius 3 is 2.60 bits per heavy atom. The molecule has 3 heteroatoms. The molecule has 0 aliphatic carbocycles. The zero-order valence-corrected chi connectivity index (χ0v) is 8.90. The molecule has 0 spiro atoms. The maximum Gasteiger partial charge on any atom is 0.0991 e. The second kappa shape index (κ2) is 6.18. The predicted molar refractivity (Wildman–Crippen MR) is 59.4 cm³/mol. The lowest BCUT2D eigenvalue weighted by Gasteiger charge is -2.09. The van der Waals surface area contributed by atoms with Crippen LogP contribution in [0.15, 0.2) is 24.3 Å². The lowest BCUT2D eigenvalue weighted by Crippen LogP contribution is -2.23. The lowest BCUT2D eigenvalue weighted by atomic mass is 10.1. The monoisotopic (exact) mass is 204 g/mol. The molecule has 0 aromatic heterocycles. The first-order chi connectivity index (χ1) is 7.26. The lowest BCUT2D eigenvalue weighted by molar-refractivity contribution is 0.165. The largest absolute Gasteiger partial charge is 0.392 e. The standard InChI is InChI=1S/C12H16N2O/c1-14-9-12(15)7-6-10-2-4-11(8-13)5-3-10/h2-5,12,14-15H,6-7,9H2,1H3. The van der Waals surface area contributed by atoms with E-state index in [0.29, 0.717) is 12.1 Å². The summed E-state index contributed by atoms with van der Waals surface area (Å²) in [4.78, 5) is 0. The van der Waals surface area contributed by atoms with Gasteiger partial charge in [-0.15, -0.1) is 0 Å². The maximum absolute atomic E-state index is 9.50. The molecular formula is C12H16N2O. The number of aliphatic hydroxyl groups excluding tert-OH is 1. The summed E-state index contributed by atoms with van der Waals surface area (Å²) in [6, 6.07) is 9.56. The summed E-state index contributed by atoms with van der Waals surface area (Å²) in [6.45, 7) is 0.621. The molecule has 1 atom stereocenters. The van der Waals surface area contributed by atoms with Gasteiger partial charge in [0.2, 0.25) is 0 Å². The minimum absolute atomic E-state index is 0.300. The fourth-order valence-corrected chi connectivity index (χ4v) is 1.42. The number of benzene rings is 1. The fraction of sp³-hybridized carbons (Fsp3) is 0.417. The van der Waals surface area contributed by atoms with Gasteiger partial charge in [0, 0.05) is 6.54 Å². The topological polar surface area (TPSA) is 56.0 Å². The van der Waals surface area contributed by atoms with Crippen LogP contribution in [0.3, 0.4) is 0 Å². The Kier molecular flexibility index (Phi) is 4.82. The van der Waals surface area contributed by atoms with Crippen molar-refractivity contribution < 1.29 is 5.11 Å². The van der Waals surface area contributed by atoms with Gasteiger partial charge in [-0.25, -0.2) is 0 Å². The van der Waals surface area contributed by atoms with Gasteiger partial charge in [-0.05, 0) is 37.6 Å². The van der Waals surface area contributed by atoms with Crippen LogP contribution in [0.5, 0.6) is 0 Å². The molecule has 1 aromatic carbocycles. The Morgan fingerprint density at radius 2 is 2.07 bits per heavy atom. The fourth-order valence-electron chi connectivity index (χ4n) is 1.42. The van der Waals surface area contributed by atoms with Crippen LogP contribution in [0, 0.1) is 11.3 Å². The van der Waals surface area contributed by atoms with E-state index in [0.717, 1.165) is 18.4 Å². The van der Waals surface area contributed by atoms with E-state index >= 15 is 0 Å². The van der Waals surface area contributed by atoms with Gasteiger partial charge in [0.1, 0.15) is 0 Å². The highest BCUT2D eigenvalue weighted by atomic mass is 16.3. The van der Waals surface area contributed by atoms with Crippen molar-refractivity contribution >= 4 is 0 Å². The third-order valence-corrected chi connectivity index (χ3v) is 2.29. The number of aliphatic hydroxyl groups is 1. The van der Waals surface area contributed by atoms with E-state index in [1.165, 1.54) is 0 Å². The second-order valence-corrected chi connectivity index (χ2v) is 3.56. The normalized spacial score (nSPS) is 12.1. The van der Waals surface area contributed by atoms with E-state index in [4.69, 9.17) is 5.26 Å². The van der Waals surface area contributed by atoms with Gasteiger partial charge >= 0.3 is 0 Å². The number of nitrogens with zero attached hydrogens (tertiary/aromatic N) is 1. The van der Waals surface area contributed by atoms with Crippen LogP contribution < -0.4 is 5.32 Å². The van der Waals surface area contributed by atoms with E-state index in [2.05, 4.69) is 11.4 Å². The van der Waals surface area contributed by atoms with Gasteiger partial charge in [-0.3, -0.25) is 0 Å². The van der Waals surface area contributed by atoms with E-state index in [9.17, 15) is 5.11 Å². The smallest absolute Gasteiger partial charge is 0.0991 e. The third kappa shape index (κ3) is 4.11. The number of aryl methyl sites for hydroxylation is 1. The average molecular weight is 204 g/mol. The summed E-state index contributed by atoms with van der Waals surface area (Å²) >= 11 is 0. The van der Waals surface area contributed by atoms with Crippen LogP contribution in [-0.4, -0.2) is 24.8 Å². The number of hydrogen-bond donors (Lipinski definition) is 2. The molecule has 0 bridgehead atoms. The molecule has 1 rings (SSSR count). The van der Waals surface area contributed by atoms with Crippen LogP contribution in [0.4, 0.5) is 0 Å². The van der Waals surface area contributed by atoms with E-state index in [1.807, 2.05) is 19.2 Å². The van der Waals surface area contributed by atoms with Gasteiger partial charge in [-0.2, -0.15) is 5.26 Å². The van der Waals surface area contributed by atoms with Crippen LogP contribution in [0.1, 0.15) is 17.5 Å². The zero-order valence-electron chi connectivity index (χ0n) is 8.90. The van der Waals surface area contributed by atoms with Crippen molar-refractivity contribution in [3.05, 3.63) is 35.4 Å². The number of hydrogen-bond acceptors (Lipinski definition) is 3. The van der Waals surface area contributed by atoms with Crippen molar-refractivity contribution in [2.75, 3.05) is 13.6 Å². The van der Waals surface area contributed by atoms with Crippen LogP contribution >= 0.6 is 0 Å². The first-order valence-corrected chi connectivity index (χ1v) is 5.08. The summed E-state index contributed by atoms with van der Waals surface area (Å²) in [5.41, 5.74) is 1.83. The van der Waals surface area contributed by atoms with E-state index in [-0.39, 0.29) is 6.10 Å². The number of nitriles is 1. The average Bonchev–Trinajstić information content (AvgIpc) is 2.27. The molecule has 1 aromatic rings. The molecule has 80 valence electrons. The molecule has 15 heavy (non-hydrogen) atoms. The second-order valence-electron chi connectivity index (χ2n) is 3.56. The molecule has 0 aliphatic heterocycles. The van der Waals surface area contributed by atoms with Crippen molar-refractivity contribution in [1.82, 2.24) is 5.32 Å². The minimum atomic E-state index is -0.300. The number of rotatable bonds is 5. The third-order valence-electron chi connectivity index (χ3n) is 2.29. The van der Waals surface area contributed by atoms with Crippen LogP contribution in [0.2, 0.25) is 0 Å². The Hall–Kier alpha value is -1.37. The Bertz CT molecular complexity index is 326. The van der Waals surface area contributed by atoms with Gasteiger partial charge in [0.05, 0.1) is 17.7 Å². The SMILES string of the molecule is CNCC(O)CCc1ccc(C#N)cc1. The summed E-state index contributed by atoms with van der Waals surface area (Å²) in [7, 11) is 1.82. The van der Waals surface area contributed by atoms with Gasteiger partial charge < -0.3 is 10.4 Å². The molecule has 0 saturated heterocycles. The Balaban J connectivity index is 2.41. The van der Waals surface area contributed by atoms with Crippen molar-refractivity contribution in [2.24, 2.45) is 0 Å².